The van der Waals surface area contributed by atoms with E-state index < -0.39 is 0 Å². The van der Waals surface area contributed by atoms with Gasteiger partial charge in [-0.15, -0.1) is 0 Å². The van der Waals surface area contributed by atoms with Gasteiger partial charge in [0.1, 0.15) is 0 Å². The summed E-state index contributed by atoms with van der Waals surface area (Å²) in [5.41, 5.74) is 0. The SMILES string of the molecule is CCNC(CCC1CC1)C1CC1C. The molecule has 0 amide bonds. The minimum atomic E-state index is 0.848. The fourth-order valence-electron chi connectivity index (χ4n) is 2.46. The number of hydrogen-bond acceptors (Lipinski definition) is 1. The van der Waals surface area contributed by atoms with Gasteiger partial charge in [-0.2, -0.15) is 0 Å². The lowest BCUT2D eigenvalue weighted by Crippen LogP contribution is -2.31. The number of rotatable bonds is 6. The van der Waals surface area contributed by atoms with Crippen LogP contribution in [0.15, 0.2) is 0 Å². The molecular formula is C12H23N. The summed E-state index contributed by atoms with van der Waals surface area (Å²) in [5, 5.41) is 3.66. The lowest BCUT2D eigenvalue weighted by atomic mass is 10.0. The predicted octanol–water partition coefficient (Wildman–Crippen LogP) is 2.81. The summed E-state index contributed by atoms with van der Waals surface area (Å²) < 4.78 is 0. The number of hydrogen-bond donors (Lipinski definition) is 1. The summed E-state index contributed by atoms with van der Waals surface area (Å²) >= 11 is 0. The van der Waals surface area contributed by atoms with Crippen molar-refractivity contribution in [1.82, 2.24) is 5.32 Å². The molecule has 2 fully saturated rings. The maximum atomic E-state index is 3.66. The third-order valence-corrected chi connectivity index (χ3v) is 3.74. The van der Waals surface area contributed by atoms with Crippen LogP contribution < -0.4 is 5.32 Å². The standard InChI is InChI=1S/C12H23N/c1-3-13-12(11-8-9(11)2)7-6-10-4-5-10/h9-13H,3-8H2,1-2H3. The van der Waals surface area contributed by atoms with Crippen LogP contribution in [-0.4, -0.2) is 12.6 Å². The molecule has 2 aliphatic carbocycles. The third-order valence-electron chi connectivity index (χ3n) is 3.74. The maximum Gasteiger partial charge on any atom is 0.00979 e. The van der Waals surface area contributed by atoms with E-state index in [-0.39, 0.29) is 0 Å². The second-order valence-corrected chi connectivity index (χ2v) is 5.06. The fraction of sp³-hybridized carbons (Fsp3) is 1.00. The van der Waals surface area contributed by atoms with Gasteiger partial charge in [-0.3, -0.25) is 0 Å². The van der Waals surface area contributed by atoms with E-state index in [1.165, 1.54) is 32.1 Å². The van der Waals surface area contributed by atoms with Crippen LogP contribution in [0.4, 0.5) is 0 Å². The fourth-order valence-corrected chi connectivity index (χ4v) is 2.46. The van der Waals surface area contributed by atoms with Crippen LogP contribution in [-0.2, 0) is 0 Å². The van der Waals surface area contributed by atoms with E-state index in [1.54, 1.807) is 0 Å². The first-order valence-corrected chi connectivity index (χ1v) is 6.04. The summed E-state index contributed by atoms with van der Waals surface area (Å²) in [7, 11) is 0. The van der Waals surface area contributed by atoms with Crippen LogP contribution in [0.5, 0.6) is 0 Å². The van der Waals surface area contributed by atoms with Gasteiger partial charge in [0.05, 0.1) is 0 Å². The van der Waals surface area contributed by atoms with Gasteiger partial charge in [-0.05, 0) is 43.6 Å². The molecule has 3 atom stereocenters. The molecule has 0 aliphatic heterocycles. The third kappa shape index (κ3) is 2.70. The first kappa shape index (κ1) is 9.51. The lowest BCUT2D eigenvalue weighted by molar-refractivity contribution is 0.410. The minimum absolute atomic E-state index is 0.848. The first-order chi connectivity index (χ1) is 6.31. The average Bonchev–Trinajstić information content (AvgIpc) is 2.96. The van der Waals surface area contributed by atoms with Crippen molar-refractivity contribution in [2.45, 2.75) is 52.0 Å². The Morgan fingerprint density at radius 3 is 2.54 bits per heavy atom. The van der Waals surface area contributed by atoms with Crippen molar-refractivity contribution in [3.05, 3.63) is 0 Å². The van der Waals surface area contributed by atoms with Crippen molar-refractivity contribution in [1.29, 1.82) is 0 Å². The highest BCUT2D eigenvalue weighted by Gasteiger charge is 2.39. The topological polar surface area (TPSA) is 12.0 Å². The van der Waals surface area contributed by atoms with Gasteiger partial charge in [0.2, 0.25) is 0 Å². The molecule has 0 aromatic carbocycles. The molecule has 1 nitrogen and oxygen atoms in total. The molecule has 76 valence electrons. The molecule has 2 rings (SSSR count). The largest absolute Gasteiger partial charge is 0.314 e. The minimum Gasteiger partial charge on any atom is -0.314 e. The van der Waals surface area contributed by atoms with Crippen LogP contribution in [0.1, 0.15) is 46.0 Å². The summed E-state index contributed by atoms with van der Waals surface area (Å²) in [6, 6.07) is 0.848. The highest BCUT2D eigenvalue weighted by atomic mass is 14.9. The number of nitrogens with one attached hydrogen (secondary N) is 1. The molecule has 0 heterocycles. The van der Waals surface area contributed by atoms with Crippen LogP contribution in [0, 0.1) is 17.8 Å². The second kappa shape index (κ2) is 4.00. The van der Waals surface area contributed by atoms with Crippen molar-refractivity contribution in [3.8, 4) is 0 Å². The first-order valence-electron chi connectivity index (χ1n) is 6.04. The molecule has 2 aliphatic rings. The van der Waals surface area contributed by atoms with Crippen molar-refractivity contribution >= 4 is 0 Å². The average molecular weight is 181 g/mol. The molecule has 13 heavy (non-hydrogen) atoms. The van der Waals surface area contributed by atoms with Gasteiger partial charge in [0, 0.05) is 6.04 Å². The van der Waals surface area contributed by atoms with Gasteiger partial charge >= 0.3 is 0 Å². The molecule has 0 spiro atoms. The molecule has 1 N–H and O–H groups in total. The zero-order valence-electron chi connectivity index (χ0n) is 9.05. The Hall–Kier alpha value is -0.0400. The molecule has 0 aromatic heterocycles. The second-order valence-electron chi connectivity index (χ2n) is 5.06. The smallest absolute Gasteiger partial charge is 0.00979 e. The lowest BCUT2D eigenvalue weighted by Gasteiger charge is -2.17. The quantitative estimate of drug-likeness (QED) is 0.664. The van der Waals surface area contributed by atoms with E-state index in [0.717, 1.165) is 30.3 Å². The zero-order valence-corrected chi connectivity index (χ0v) is 9.05. The summed E-state index contributed by atoms with van der Waals surface area (Å²) in [5.74, 6) is 3.12. The van der Waals surface area contributed by atoms with E-state index >= 15 is 0 Å². The van der Waals surface area contributed by atoms with Gasteiger partial charge < -0.3 is 5.32 Å². The normalized spacial score (nSPS) is 34.6. The molecular weight excluding hydrogens is 158 g/mol. The van der Waals surface area contributed by atoms with Gasteiger partial charge in [0.15, 0.2) is 0 Å². The Morgan fingerprint density at radius 1 is 1.38 bits per heavy atom. The highest BCUT2D eigenvalue weighted by Crippen LogP contribution is 2.43. The zero-order chi connectivity index (χ0) is 9.26. The van der Waals surface area contributed by atoms with Crippen LogP contribution in [0.25, 0.3) is 0 Å². The van der Waals surface area contributed by atoms with E-state index in [0.29, 0.717) is 0 Å². The van der Waals surface area contributed by atoms with Crippen molar-refractivity contribution in [2.24, 2.45) is 17.8 Å². The molecule has 0 radical (unpaired) electrons. The Morgan fingerprint density at radius 2 is 2.08 bits per heavy atom. The van der Waals surface area contributed by atoms with Crippen LogP contribution in [0.2, 0.25) is 0 Å². The summed E-state index contributed by atoms with van der Waals surface area (Å²) in [4.78, 5) is 0. The Bertz CT molecular complexity index is 163. The highest BCUT2D eigenvalue weighted by molar-refractivity contribution is 4.93. The Balaban J connectivity index is 1.68. The van der Waals surface area contributed by atoms with E-state index in [1.807, 2.05) is 0 Å². The maximum absolute atomic E-state index is 3.66. The monoisotopic (exact) mass is 181 g/mol. The Kier molecular flexibility index (Phi) is 2.92. The molecule has 0 bridgehead atoms. The Labute approximate surface area is 82.3 Å². The van der Waals surface area contributed by atoms with Crippen molar-refractivity contribution < 1.29 is 0 Å². The van der Waals surface area contributed by atoms with Crippen molar-refractivity contribution in [2.75, 3.05) is 6.54 Å². The van der Waals surface area contributed by atoms with E-state index in [4.69, 9.17) is 0 Å². The molecule has 3 unspecified atom stereocenters. The molecule has 2 saturated carbocycles. The van der Waals surface area contributed by atoms with Crippen LogP contribution >= 0.6 is 0 Å². The van der Waals surface area contributed by atoms with Gasteiger partial charge in [-0.1, -0.05) is 26.7 Å². The molecule has 0 saturated heterocycles. The summed E-state index contributed by atoms with van der Waals surface area (Å²) in [6.45, 7) is 5.78. The van der Waals surface area contributed by atoms with Gasteiger partial charge in [-0.25, -0.2) is 0 Å². The molecule has 1 heteroatoms. The van der Waals surface area contributed by atoms with Crippen molar-refractivity contribution in [3.63, 3.8) is 0 Å². The van der Waals surface area contributed by atoms with Crippen LogP contribution in [0.3, 0.4) is 0 Å². The van der Waals surface area contributed by atoms with Gasteiger partial charge in [0.25, 0.3) is 0 Å². The van der Waals surface area contributed by atoms with E-state index in [9.17, 15) is 0 Å². The van der Waals surface area contributed by atoms with E-state index in [2.05, 4.69) is 19.2 Å². The summed E-state index contributed by atoms with van der Waals surface area (Å²) in [6.07, 6.45) is 7.43. The molecule has 0 aromatic rings. The predicted molar refractivity (Wildman–Crippen MR) is 56.7 cm³/mol.